The number of nitrogens with zero attached hydrogens (tertiary/aromatic N) is 1. The summed E-state index contributed by atoms with van der Waals surface area (Å²) < 4.78 is 0. The minimum absolute atomic E-state index is 0.382. The zero-order chi connectivity index (χ0) is 11.4. The fourth-order valence-electron chi connectivity index (χ4n) is 1.79. The molecule has 1 heterocycles. The quantitative estimate of drug-likeness (QED) is 0.877. The fourth-order valence-corrected chi connectivity index (χ4v) is 2.48. The second-order valence-corrected chi connectivity index (χ2v) is 4.67. The van der Waals surface area contributed by atoms with E-state index in [1.54, 1.807) is 0 Å². The number of benzene rings is 1. The Morgan fingerprint density at radius 3 is 2.94 bits per heavy atom. The van der Waals surface area contributed by atoms with Crippen molar-refractivity contribution in [1.29, 1.82) is 0 Å². The van der Waals surface area contributed by atoms with Crippen molar-refractivity contribution >= 4 is 22.7 Å². The first-order chi connectivity index (χ1) is 7.85. The molecule has 0 bridgehead atoms. The van der Waals surface area contributed by atoms with E-state index in [4.69, 9.17) is 0 Å². The predicted molar refractivity (Wildman–Crippen MR) is 71.9 cm³/mol. The molecule has 1 atom stereocenters. The second-order valence-electron chi connectivity index (χ2n) is 3.76. The molecular formula is C13H16N2S. The highest BCUT2D eigenvalue weighted by Crippen LogP contribution is 2.20. The molecule has 1 aromatic carbocycles. The lowest BCUT2D eigenvalue weighted by Crippen LogP contribution is -2.18. The van der Waals surface area contributed by atoms with Crippen LogP contribution in [0.4, 0.5) is 0 Å². The van der Waals surface area contributed by atoms with Crippen LogP contribution < -0.4 is 5.32 Å². The van der Waals surface area contributed by atoms with E-state index in [2.05, 4.69) is 34.8 Å². The number of nitrogens with one attached hydrogen (secondary N) is 1. The van der Waals surface area contributed by atoms with Crippen molar-refractivity contribution in [2.45, 2.75) is 6.04 Å². The van der Waals surface area contributed by atoms with Gasteiger partial charge in [0, 0.05) is 23.4 Å². The van der Waals surface area contributed by atoms with Crippen LogP contribution in [0.1, 0.15) is 11.6 Å². The molecule has 0 saturated carbocycles. The number of hydrogen-bond acceptors (Lipinski definition) is 3. The van der Waals surface area contributed by atoms with Gasteiger partial charge in [0.25, 0.3) is 0 Å². The molecule has 1 aromatic heterocycles. The molecule has 0 saturated heterocycles. The molecule has 16 heavy (non-hydrogen) atoms. The van der Waals surface area contributed by atoms with Crippen LogP contribution in [-0.2, 0) is 0 Å². The van der Waals surface area contributed by atoms with Crippen molar-refractivity contribution in [3.63, 3.8) is 0 Å². The SMILES string of the molecule is CNC(CSC)c1cnc2ccccc2c1. The molecule has 1 unspecified atom stereocenters. The largest absolute Gasteiger partial charge is 0.312 e. The lowest BCUT2D eigenvalue weighted by atomic mass is 10.1. The topological polar surface area (TPSA) is 24.9 Å². The Bertz CT molecular complexity index is 470. The Kier molecular flexibility index (Phi) is 3.80. The van der Waals surface area contributed by atoms with E-state index in [9.17, 15) is 0 Å². The van der Waals surface area contributed by atoms with Crippen molar-refractivity contribution in [2.75, 3.05) is 19.1 Å². The standard InChI is InChI=1S/C13H16N2S/c1-14-13(9-16-2)11-7-10-5-3-4-6-12(10)15-8-11/h3-8,13-14H,9H2,1-2H3. The summed E-state index contributed by atoms with van der Waals surface area (Å²) in [5.74, 6) is 1.07. The molecule has 2 rings (SSSR count). The zero-order valence-corrected chi connectivity index (χ0v) is 10.4. The molecule has 0 aliphatic rings. The minimum atomic E-state index is 0.382. The molecule has 2 nitrogen and oxygen atoms in total. The third-order valence-corrected chi connectivity index (χ3v) is 3.36. The summed E-state index contributed by atoms with van der Waals surface area (Å²) in [6, 6.07) is 10.8. The first kappa shape index (κ1) is 11.4. The maximum absolute atomic E-state index is 4.48. The number of fused-ring (bicyclic) bond motifs is 1. The van der Waals surface area contributed by atoms with Crippen molar-refractivity contribution in [1.82, 2.24) is 10.3 Å². The minimum Gasteiger partial charge on any atom is -0.312 e. The van der Waals surface area contributed by atoms with Gasteiger partial charge in [-0.3, -0.25) is 4.98 Å². The molecule has 0 fully saturated rings. The smallest absolute Gasteiger partial charge is 0.0702 e. The van der Waals surface area contributed by atoms with Gasteiger partial charge in [-0.2, -0.15) is 11.8 Å². The van der Waals surface area contributed by atoms with E-state index < -0.39 is 0 Å². The van der Waals surface area contributed by atoms with Gasteiger partial charge in [0.05, 0.1) is 5.52 Å². The Morgan fingerprint density at radius 1 is 1.38 bits per heavy atom. The summed E-state index contributed by atoms with van der Waals surface area (Å²) in [5.41, 5.74) is 2.32. The van der Waals surface area contributed by atoms with E-state index in [1.165, 1.54) is 10.9 Å². The number of thioether (sulfide) groups is 1. The van der Waals surface area contributed by atoms with Crippen LogP contribution in [0.2, 0.25) is 0 Å². The summed E-state index contributed by atoms with van der Waals surface area (Å²) in [5, 5.41) is 4.53. The van der Waals surface area contributed by atoms with Gasteiger partial charge < -0.3 is 5.32 Å². The van der Waals surface area contributed by atoms with Crippen LogP contribution >= 0.6 is 11.8 Å². The maximum Gasteiger partial charge on any atom is 0.0702 e. The van der Waals surface area contributed by atoms with E-state index in [-0.39, 0.29) is 0 Å². The van der Waals surface area contributed by atoms with Gasteiger partial charge in [-0.25, -0.2) is 0 Å². The molecule has 0 radical (unpaired) electrons. The van der Waals surface area contributed by atoms with Crippen LogP contribution in [-0.4, -0.2) is 24.0 Å². The number of para-hydroxylation sites is 1. The molecule has 2 aromatic rings. The average molecular weight is 232 g/mol. The van der Waals surface area contributed by atoms with Gasteiger partial charge >= 0.3 is 0 Å². The van der Waals surface area contributed by atoms with Crippen molar-refractivity contribution in [3.8, 4) is 0 Å². The summed E-state index contributed by atoms with van der Waals surface area (Å²) in [4.78, 5) is 4.48. The number of aromatic nitrogens is 1. The van der Waals surface area contributed by atoms with E-state index in [0.29, 0.717) is 6.04 Å². The molecular weight excluding hydrogens is 216 g/mol. The van der Waals surface area contributed by atoms with Gasteiger partial charge in [-0.1, -0.05) is 18.2 Å². The van der Waals surface area contributed by atoms with E-state index in [0.717, 1.165) is 11.3 Å². The highest BCUT2D eigenvalue weighted by Gasteiger charge is 2.09. The maximum atomic E-state index is 4.48. The van der Waals surface area contributed by atoms with Crippen LogP contribution in [0.15, 0.2) is 36.5 Å². The molecule has 0 aliphatic heterocycles. The number of pyridine rings is 1. The Labute approximate surface area is 100 Å². The Morgan fingerprint density at radius 2 is 2.19 bits per heavy atom. The van der Waals surface area contributed by atoms with Gasteiger partial charge in [-0.15, -0.1) is 0 Å². The van der Waals surface area contributed by atoms with E-state index >= 15 is 0 Å². The Balaban J connectivity index is 2.37. The Hall–Kier alpha value is -1.06. The molecule has 1 N–H and O–H groups in total. The normalized spacial score (nSPS) is 12.9. The van der Waals surface area contributed by atoms with Crippen LogP contribution in [0.3, 0.4) is 0 Å². The van der Waals surface area contributed by atoms with Crippen molar-refractivity contribution in [2.24, 2.45) is 0 Å². The molecule has 3 heteroatoms. The zero-order valence-electron chi connectivity index (χ0n) is 9.60. The summed E-state index contributed by atoms with van der Waals surface area (Å²) in [7, 11) is 2.00. The summed E-state index contributed by atoms with van der Waals surface area (Å²) >= 11 is 1.84. The van der Waals surface area contributed by atoms with Gasteiger partial charge in [-0.05, 0) is 31.0 Å². The fraction of sp³-hybridized carbons (Fsp3) is 0.308. The predicted octanol–water partition coefficient (Wildman–Crippen LogP) is 2.86. The highest BCUT2D eigenvalue weighted by atomic mass is 32.2. The molecule has 0 aliphatic carbocycles. The lowest BCUT2D eigenvalue weighted by molar-refractivity contribution is 0.661. The van der Waals surface area contributed by atoms with Crippen molar-refractivity contribution in [3.05, 3.63) is 42.1 Å². The van der Waals surface area contributed by atoms with Gasteiger partial charge in [0.1, 0.15) is 0 Å². The molecule has 0 spiro atoms. The third kappa shape index (κ3) is 2.36. The lowest BCUT2D eigenvalue weighted by Gasteiger charge is -2.15. The number of hydrogen-bond donors (Lipinski definition) is 1. The molecule has 84 valence electrons. The summed E-state index contributed by atoms with van der Waals surface area (Å²) in [6.07, 6.45) is 4.10. The van der Waals surface area contributed by atoms with Crippen LogP contribution in [0.5, 0.6) is 0 Å². The molecule has 0 amide bonds. The second kappa shape index (κ2) is 5.32. The van der Waals surface area contributed by atoms with E-state index in [1.807, 2.05) is 37.1 Å². The van der Waals surface area contributed by atoms with Gasteiger partial charge in [0.2, 0.25) is 0 Å². The average Bonchev–Trinajstić information content (AvgIpc) is 2.35. The summed E-state index contributed by atoms with van der Waals surface area (Å²) in [6.45, 7) is 0. The first-order valence-electron chi connectivity index (χ1n) is 5.36. The van der Waals surface area contributed by atoms with Crippen LogP contribution in [0, 0.1) is 0 Å². The number of rotatable bonds is 4. The first-order valence-corrected chi connectivity index (χ1v) is 6.75. The third-order valence-electron chi connectivity index (χ3n) is 2.70. The van der Waals surface area contributed by atoms with Crippen molar-refractivity contribution < 1.29 is 0 Å². The van der Waals surface area contributed by atoms with Crippen LogP contribution in [0.25, 0.3) is 10.9 Å². The monoisotopic (exact) mass is 232 g/mol. The van der Waals surface area contributed by atoms with Gasteiger partial charge in [0.15, 0.2) is 0 Å². The highest BCUT2D eigenvalue weighted by molar-refractivity contribution is 7.98.